The number of methoxy groups -OCH3 is 1. The molecule has 2 aliphatic rings. The third-order valence-electron chi connectivity index (χ3n) is 4.81. The van der Waals surface area contributed by atoms with Crippen molar-refractivity contribution in [2.75, 3.05) is 13.7 Å². The highest BCUT2D eigenvalue weighted by Gasteiger charge is 2.57. The molecule has 21 heavy (non-hydrogen) atoms. The van der Waals surface area contributed by atoms with Crippen molar-refractivity contribution in [2.24, 2.45) is 11.8 Å². The van der Waals surface area contributed by atoms with Crippen LogP contribution in [0, 0.1) is 11.8 Å². The Morgan fingerprint density at radius 1 is 1.33 bits per heavy atom. The van der Waals surface area contributed by atoms with E-state index in [1.165, 1.54) is 0 Å². The monoisotopic (exact) mass is 296 g/mol. The Bertz CT molecular complexity index is 420. The van der Waals surface area contributed by atoms with Crippen molar-refractivity contribution in [2.45, 2.75) is 64.6 Å². The van der Waals surface area contributed by atoms with Crippen molar-refractivity contribution in [3.63, 3.8) is 0 Å². The van der Waals surface area contributed by atoms with Crippen LogP contribution in [-0.2, 0) is 14.3 Å². The molecule has 1 N–H and O–H groups in total. The minimum absolute atomic E-state index is 0.00134. The maximum atomic E-state index is 12.9. The number of amides is 2. The summed E-state index contributed by atoms with van der Waals surface area (Å²) in [4.78, 5) is 27.3. The second kappa shape index (κ2) is 5.95. The Morgan fingerprint density at radius 2 is 1.95 bits per heavy atom. The zero-order valence-electron chi connectivity index (χ0n) is 13.8. The molecule has 1 saturated heterocycles. The smallest absolute Gasteiger partial charge is 0.246 e. The lowest BCUT2D eigenvalue weighted by Gasteiger charge is -2.47. The first-order valence-corrected chi connectivity index (χ1v) is 7.95. The van der Waals surface area contributed by atoms with Crippen LogP contribution in [-0.4, -0.2) is 48.1 Å². The summed E-state index contributed by atoms with van der Waals surface area (Å²) in [6.45, 7) is 8.45. The summed E-state index contributed by atoms with van der Waals surface area (Å²) in [5, 5.41) is 2.96. The largest absolute Gasteiger partial charge is 0.380 e. The van der Waals surface area contributed by atoms with Crippen molar-refractivity contribution >= 4 is 11.8 Å². The van der Waals surface area contributed by atoms with E-state index < -0.39 is 11.6 Å². The standard InChI is InChI=1S/C16H28N2O3/c1-10(2)8-13-14(19)18(9-11(3)21-5)16(4,12-6-7-12)15(20)17-13/h10-13H,6-9H2,1-5H3,(H,17,20). The molecule has 0 aromatic carbocycles. The van der Waals surface area contributed by atoms with Crippen LogP contribution in [0.5, 0.6) is 0 Å². The second-order valence-corrected chi connectivity index (χ2v) is 7.07. The molecule has 0 aromatic rings. The van der Waals surface area contributed by atoms with Gasteiger partial charge in [-0.3, -0.25) is 9.59 Å². The van der Waals surface area contributed by atoms with Gasteiger partial charge in [-0.2, -0.15) is 0 Å². The molecule has 1 aliphatic carbocycles. The Balaban J connectivity index is 2.25. The van der Waals surface area contributed by atoms with E-state index in [9.17, 15) is 9.59 Å². The molecule has 5 nitrogen and oxygen atoms in total. The number of rotatable bonds is 6. The van der Waals surface area contributed by atoms with Crippen molar-refractivity contribution in [1.29, 1.82) is 0 Å². The van der Waals surface area contributed by atoms with E-state index >= 15 is 0 Å². The van der Waals surface area contributed by atoms with Crippen LogP contribution in [0.15, 0.2) is 0 Å². The van der Waals surface area contributed by atoms with Crippen molar-refractivity contribution in [3.8, 4) is 0 Å². The van der Waals surface area contributed by atoms with Gasteiger partial charge in [-0.05, 0) is 44.9 Å². The van der Waals surface area contributed by atoms with Crippen LogP contribution in [0.4, 0.5) is 0 Å². The number of nitrogens with zero attached hydrogens (tertiary/aromatic N) is 1. The molecule has 120 valence electrons. The van der Waals surface area contributed by atoms with Gasteiger partial charge in [0.05, 0.1) is 6.10 Å². The average molecular weight is 296 g/mol. The lowest BCUT2D eigenvalue weighted by atomic mass is 9.86. The normalized spacial score (nSPS) is 31.5. The molecule has 1 saturated carbocycles. The molecule has 1 heterocycles. The first-order valence-electron chi connectivity index (χ1n) is 7.95. The number of nitrogens with one attached hydrogen (secondary N) is 1. The predicted molar refractivity (Wildman–Crippen MR) is 80.7 cm³/mol. The van der Waals surface area contributed by atoms with Crippen LogP contribution in [0.2, 0.25) is 0 Å². The van der Waals surface area contributed by atoms with Crippen molar-refractivity contribution in [1.82, 2.24) is 10.2 Å². The molecule has 2 rings (SSSR count). The topological polar surface area (TPSA) is 58.6 Å². The van der Waals surface area contributed by atoms with E-state index in [2.05, 4.69) is 19.2 Å². The van der Waals surface area contributed by atoms with Gasteiger partial charge in [-0.1, -0.05) is 13.8 Å². The van der Waals surface area contributed by atoms with Gasteiger partial charge >= 0.3 is 0 Å². The zero-order chi connectivity index (χ0) is 15.8. The minimum Gasteiger partial charge on any atom is -0.380 e. The van der Waals surface area contributed by atoms with Crippen molar-refractivity contribution in [3.05, 3.63) is 0 Å². The van der Waals surface area contributed by atoms with E-state index in [1.807, 2.05) is 13.8 Å². The molecule has 3 unspecified atom stereocenters. The van der Waals surface area contributed by atoms with Crippen LogP contribution >= 0.6 is 0 Å². The number of ether oxygens (including phenoxy) is 1. The number of carbonyl (C=O) groups is 2. The predicted octanol–water partition coefficient (Wildman–Crippen LogP) is 1.56. The summed E-state index contributed by atoms with van der Waals surface area (Å²) in [6.07, 6.45) is 2.65. The third kappa shape index (κ3) is 3.07. The molecule has 0 bridgehead atoms. The molecular weight excluding hydrogens is 268 g/mol. The summed E-state index contributed by atoms with van der Waals surface area (Å²) in [7, 11) is 1.64. The molecular formula is C16H28N2O3. The van der Waals surface area contributed by atoms with Gasteiger partial charge in [0.25, 0.3) is 0 Å². The fourth-order valence-corrected chi connectivity index (χ4v) is 3.20. The SMILES string of the molecule is COC(C)CN1C(=O)C(CC(C)C)NC(=O)C1(C)C1CC1. The summed E-state index contributed by atoms with van der Waals surface area (Å²) in [5.74, 6) is 0.692. The molecule has 2 amide bonds. The van der Waals surface area contributed by atoms with Crippen LogP contribution < -0.4 is 5.32 Å². The molecule has 5 heteroatoms. The van der Waals surface area contributed by atoms with Gasteiger partial charge in [0.15, 0.2) is 0 Å². The summed E-state index contributed by atoms with van der Waals surface area (Å²) >= 11 is 0. The number of hydrogen-bond acceptors (Lipinski definition) is 3. The van der Waals surface area contributed by atoms with Gasteiger partial charge in [0.2, 0.25) is 11.8 Å². The quantitative estimate of drug-likeness (QED) is 0.809. The zero-order valence-corrected chi connectivity index (χ0v) is 13.8. The Kier molecular flexibility index (Phi) is 4.61. The second-order valence-electron chi connectivity index (χ2n) is 7.07. The molecule has 2 fully saturated rings. The minimum atomic E-state index is -0.711. The fourth-order valence-electron chi connectivity index (χ4n) is 3.20. The maximum Gasteiger partial charge on any atom is 0.246 e. The van der Waals surface area contributed by atoms with Crippen LogP contribution in [0.3, 0.4) is 0 Å². The third-order valence-corrected chi connectivity index (χ3v) is 4.81. The highest BCUT2D eigenvalue weighted by Crippen LogP contribution is 2.45. The summed E-state index contributed by atoms with van der Waals surface area (Å²) in [6, 6.07) is -0.395. The first kappa shape index (κ1) is 16.3. The molecule has 3 atom stereocenters. The summed E-state index contributed by atoms with van der Waals surface area (Å²) in [5.41, 5.74) is -0.711. The van der Waals surface area contributed by atoms with Crippen LogP contribution in [0.25, 0.3) is 0 Å². The van der Waals surface area contributed by atoms with Gasteiger partial charge in [0, 0.05) is 13.7 Å². The van der Waals surface area contributed by atoms with Gasteiger partial charge in [-0.25, -0.2) is 0 Å². The molecule has 0 spiro atoms. The van der Waals surface area contributed by atoms with E-state index in [0.717, 1.165) is 12.8 Å². The average Bonchev–Trinajstić information content (AvgIpc) is 3.24. The molecule has 0 radical (unpaired) electrons. The molecule has 0 aromatic heterocycles. The highest BCUT2D eigenvalue weighted by atomic mass is 16.5. The molecule has 1 aliphatic heterocycles. The van der Waals surface area contributed by atoms with Gasteiger partial charge in [-0.15, -0.1) is 0 Å². The highest BCUT2D eigenvalue weighted by molar-refractivity contribution is 6.00. The van der Waals surface area contributed by atoms with Gasteiger partial charge in [0.1, 0.15) is 11.6 Å². The number of hydrogen-bond donors (Lipinski definition) is 1. The fraction of sp³-hybridized carbons (Fsp3) is 0.875. The van der Waals surface area contributed by atoms with E-state index in [4.69, 9.17) is 4.74 Å². The summed E-state index contributed by atoms with van der Waals surface area (Å²) < 4.78 is 5.32. The Hall–Kier alpha value is -1.10. The van der Waals surface area contributed by atoms with E-state index in [-0.39, 0.29) is 23.8 Å². The van der Waals surface area contributed by atoms with Gasteiger partial charge < -0.3 is 15.0 Å². The van der Waals surface area contributed by atoms with Crippen LogP contribution in [0.1, 0.15) is 47.0 Å². The van der Waals surface area contributed by atoms with E-state index in [0.29, 0.717) is 18.9 Å². The Morgan fingerprint density at radius 3 is 2.43 bits per heavy atom. The first-order chi connectivity index (χ1) is 9.80. The number of piperazine rings is 1. The lowest BCUT2D eigenvalue weighted by molar-refractivity contribution is -0.160. The van der Waals surface area contributed by atoms with E-state index in [1.54, 1.807) is 12.0 Å². The van der Waals surface area contributed by atoms with Crippen molar-refractivity contribution < 1.29 is 14.3 Å². The Labute approximate surface area is 127 Å². The number of carbonyl (C=O) groups excluding carboxylic acids is 2. The lowest BCUT2D eigenvalue weighted by Crippen LogP contribution is -2.71. The maximum absolute atomic E-state index is 12.9.